The number of nitriles is 1. The summed E-state index contributed by atoms with van der Waals surface area (Å²) in [5, 5.41) is 28.2. The van der Waals surface area contributed by atoms with E-state index in [0.29, 0.717) is 30.6 Å². The van der Waals surface area contributed by atoms with Crippen LogP contribution in [0.4, 0.5) is 24.7 Å². The Morgan fingerprint density at radius 2 is 1.96 bits per heavy atom. The molecule has 1 fully saturated rings. The number of hydrogen-bond acceptors (Lipinski definition) is 9. The molecule has 1 aromatic carbocycles. The van der Waals surface area contributed by atoms with E-state index in [9.17, 15) is 22.8 Å². The molecule has 47 heavy (non-hydrogen) atoms. The molecule has 0 aliphatic heterocycles. The number of anilines is 2. The van der Waals surface area contributed by atoms with E-state index in [1.165, 1.54) is 29.2 Å². The molecule has 2 amide bonds. The molecule has 1 saturated carbocycles. The molecule has 0 bridgehead atoms. The van der Waals surface area contributed by atoms with Gasteiger partial charge < -0.3 is 26.8 Å². The summed E-state index contributed by atoms with van der Waals surface area (Å²) < 4.78 is 43.6. The number of nitrogens with two attached hydrogens (primary N) is 1. The Morgan fingerprint density at radius 3 is 2.62 bits per heavy atom. The van der Waals surface area contributed by atoms with E-state index in [0.717, 1.165) is 23.1 Å². The summed E-state index contributed by atoms with van der Waals surface area (Å²) in [7, 11) is 0. The summed E-state index contributed by atoms with van der Waals surface area (Å²) in [4.78, 5) is 42.2. The fraction of sp³-hybridized carbons (Fsp3) is 0.367. The predicted octanol–water partition coefficient (Wildman–Crippen LogP) is 3.12. The topological polar surface area (TPSA) is 205 Å². The fourth-order valence-electron chi connectivity index (χ4n) is 5.36. The van der Waals surface area contributed by atoms with Crippen molar-refractivity contribution in [2.45, 2.75) is 51.4 Å². The van der Waals surface area contributed by atoms with E-state index >= 15 is 0 Å². The molecule has 0 radical (unpaired) electrons. The first-order valence-electron chi connectivity index (χ1n) is 14.6. The summed E-state index contributed by atoms with van der Waals surface area (Å²) >= 11 is 0. The van der Waals surface area contributed by atoms with E-state index in [2.05, 4.69) is 31.0 Å². The largest absolute Gasteiger partial charge is 0.483 e. The number of halogens is 3. The van der Waals surface area contributed by atoms with Crippen LogP contribution in [0.3, 0.4) is 0 Å². The molecule has 1 aliphatic rings. The third kappa shape index (κ3) is 8.21. The van der Waals surface area contributed by atoms with Crippen LogP contribution in [0.2, 0.25) is 0 Å². The highest BCUT2D eigenvalue weighted by atomic mass is 19.4. The van der Waals surface area contributed by atoms with Crippen molar-refractivity contribution in [2.75, 3.05) is 18.4 Å². The number of carboxylic acid groups (broad SMARTS) is 1. The van der Waals surface area contributed by atoms with Gasteiger partial charge in [-0.3, -0.25) is 23.5 Å². The Morgan fingerprint density at radius 1 is 1.21 bits per heavy atom. The number of carbonyl (C=O) groups excluding carboxylic acids is 2. The highest BCUT2D eigenvalue weighted by Crippen LogP contribution is 2.37. The molecule has 5 rings (SSSR count). The molecule has 4 aromatic rings. The zero-order chi connectivity index (χ0) is 34.1. The third-order valence-electron chi connectivity index (χ3n) is 7.51. The predicted molar refractivity (Wildman–Crippen MR) is 163 cm³/mol. The van der Waals surface area contributed by atoms with Crippen LogP contribution in [0.25, 0.3) is 16.9 Å². The number of fused-ring (bicyclic) bond motifs is 1. The molecule has 6 N–H and O–H groups in total. The summed E-state index contributed by atoms with van der Waals surface area (Å²) in [6.07, 6.45) is 3.48. The molecule has 2 atom stereocenters. The molecule has 3 heterocycles. The number of aromatic nitrogens is 5. The van der Waals surface area contributed by atoms with Gasteiger partial charge in [-0.05, 0) is 49.4 Å². The van der Waals surface area contributed by atoms with E-state index < -0.39 is 11.9 Å². The van der Waals surface area contributed by atoms with Crippen molar-refractivity contribution in [3.63, 3.8) is 0 Å². The fourth-order valence-corrected chi connectivity index (χ4v) is 5.36. The quantitative estimate of drug-likeness (QED) is 0.125. The van der Waals surface area contributed by atoms with Gasteiger partial charge in [0.25, 0.3) is 12.4 Å². The van der Waals surface area contributed by atoms with Crippen LogP contribution < -0.4 is 21.7 Å². The number of amides is 2. The minimum absolute atomic E-state index is 0.0417. The lowest BCUT2D eigenvalue weighted by molar-refractivity contribution is -0.141. The highest BCUT2D eigenvalue weighted by Gasteiger charge is 2.38. The Hall–Kier alpha value is -5.50. The lowest BCUT2D eigenvalue weighted by Crippen LogP contribution is -2.37. The van der Waals surface area contributed by atoms with Crippen LogP contribution in [0.5, 0.6) is 0 Å². The van der Waals surface area contributed by atoms with Gasteiger partial charge in [0.05, 0.1) is 23.5 Å². The molecule has 17 heteroatoms. The number of aryl methyl sites for hydroxylation is 1. The first-order chi connectivity index (χ1) is 22.5. The van der Waals surface area contributed by atoms with Crippen LogP contribution in [-0.4, -0.2) is 66.7 Å². The number of alkyl halides is 3. The number of imidazole rings is 1. The van der Waals surface area contributed by atoms with Crippen molar-refractivity contribution in [3.05, 3.63) is 59.8 Å². The van der Waals surface area contributed by atoms with Gasteiger partial charge in [0, 0.05) is 54.9 Å². The van der Waals surface area contributed by atoms with Gasteiger partial charge in [-0.15, -0.1) is 0 Å². The number of nitrogens with zero attached hydrogens (tertiary/aromatic N) is 6. The summed E-state index contributed by atoms with van der Waals surface area (Å²) in [6.45, 7) is 1.90. The smallest absolute Gasteiger partial charge is 0.435 e. The zero-order valence-corrected chi connectivity index (χ0v) is 25.3. The lowest BCUT2D eigenvalue weighted by Gasteiger charge is -2.14. The second-order valence-corrected chi connectivity index (χ2v) is 10.6. The van der Waals surface area contributed by atoms with Crippen LogP contribution in [-0.2, 0) is 28.7 Å². The van der Waals surface area contributed by atoms with Gasteiger partial charge in [-0.1, -0.05) is 6.92 Å². The molecule has 3 aromatic heterocycles. The van der Waals surface area contributed by atoms with Gasteiger partial charge >= 0.3 is 6.18 Å². The van der Waals surface area contributed by atoms with Gasteiger partial charge in [0.15, 0.2) is 17.2 Å². The van der Waals surface area contributed by atoms with Crippen molar-refractivity contribution in [2.24, 2.45) is 11.7 Å². The minimum Gasteiger partial charge on any atom is -0.483 e. The van der Waals surface area contributed by atoms with Crippen LogP contribution in [0.15, 0.2) is 43.0 Å². The number of nitrogens with one attached hydrogen (secondary N) is 3. The summed E-state index contributed by atoms with van der Waals surface area (Å²) in [5.41, 5.74) is 6.78. The number of rotatable bonds is 10. The molecule has 0 saturated heterocycles. The second-order valence-electron chi connectivity index (χ2n) is 10.6. The summed E-state index contributed by atoms with van der Waals surface area (Å²) in [5.74, 6) is -0.108. The standard InChI is InChI=1S/C29H31F3N10O2.CH2O2/c1-2-17-14-20(5-6-21(17)28(44)37-9-8-36-27(43)18-3-4-19(34)13-18)39-25-26-38-15-23(42(26)12-10-35-25)22-16-41(11-7-33)40-24(22)29(30,31)32;2-1-3/h5-6,10,12,14-16,18-19H,2-4,8-9,11,13,34H2,1H3,(H,35,39)(H,36,43)(H,37,44);1H,(H,2,3)/t18-,19-;/m1./s1. The highest BCUT2D eigenvalue weighted by molar-refractivity contribution is 5.96. The summed E-state index contributed by atoms with van der Waals surface area (Å²) in [6, 6.07) is 7.02. The molecular weight excluding hydrogens is 621 g/mol. The Bertz CT molecular complexity index is 1780. The molecule has 0 unspecified atom stereocenters. The maximum Gasteiger partial charge on any atom is 0.435 e. The van der Waals surface area contributed by atoms with Crippen molar-refractivity contribution in [3.8, 4) is 17.3 Å². The minimum atomic E-state index is -4.74. The van der Waals surface area contributed by atoms with E-state index in [1.807, 2.05) is 6.92 Å². The molecule has 14 nitrogen and oxygen atoms in total. The average Bonchev–Trinajstić information content (AvgIpc) is 3.78. The average molecular weight is 655 g/mol. The maximum atomic E-state index is 13.7. The maximum absolute atomic E-state index is 13.7. The Kier molecular flexibility index (Phi) is 11.1. The normalized spacial score (nSPS) is 15.7. The number of hydrogen-bond donors (Lipinski definition) is 5. The number of carbonyl (C=O) groups is 3. The first-order valence-corrected chi connectivity index (χ1v) is 14.6. The van der Waals surface area contributed by atoms with Crippen LogP contribution in [0.1, 0.15) is 47.8 Å². The van der Waals surface area contributed by atoms with Crippen LogP contribution >= 0.6 is 0 Å². The van der Waals surface area contributed by atoms with Crippen molar-refractivity contribution in [1.82, 2.24) is 34.8 Å². The molecule has 248 valence electrons. The van der Waals surface area contributed by atoms with E-state index in [1.54, 1.807) is 24.3 Å². The second kappa shape index (κ2) is 15.2. The lowest BCUT2D eigenvalue weighted by atomic mass is 10.0. The van der Waals surface area contributed by atoms with Crippen molar-refractivity contribution in [1.29, 1.82) is 5.26 Å². The van der Waals surface area contributed by atoms with Gasteiger partial charge in [-0.25, -0.2) is 9.97 Å². The Labute approximate surface area is 266 Å². The van der Waals surface area contributed by atoms with E-state index in [4.69, 9.17) is 20.9 Å². The third-order valence-corrected chi connectivity index (χ3v) is 7.51. The van der Waals surface area contributed by atoms with Gasteiger partial charge in [0.1, 0.15) is 6.54 Å². The van der Waals surface area contributed by atoms with Crippen molar-refractivity contribution < 1.29 is 32.7 Å². The Balaban J connectivity index is 0.00000160. The first kappa shape index (κ1) is 34.4. The number of benzene rings is 1. The SMILES string of the molecule is CCc1cc(Nc2nccn3c(-c4cn(CC#N)nc4C(F)(F)F)cnc23)ccc1C(=O)NCCNC(=O)[C@@H]1CC[C@@H](N)C1.O=CO. The van der Waals surface area contributed by atoms with Crippen molar-refractivity contribution >= 4 is 35.4 Å². The monoisotopic (exact) mass is 654 g/mol. The molecule has 0 spiro atoms. The van der Waals surface area contributed by atoms with E-state index in [-0.39, 0.29) is 66.1 Å². The van der Waals surface area contributed by atoms with Gasteiger partial charge in [0.2, 0.25) is 5.91 Å². The van der Waals surface area contributed by atoms with Crippen LogP contribution in [0, 0.1) is 17.2 Å². The molecule has 1 aliphatic carbocycles. The van der Waals surface area contributed by atoms with Gasteiger partial charge in [-0.2, -0.15) is 23.5 Å². The zero-order valence-electron chi connectivity index (χ0n) is 25.3. The molecular formula is C30H33F3N10O4.